The lowest BCUT2D eigenvalue weighted by molar-refractivity contribution is -0.127. The summed E-state index contributed by atoms with van der Waals surface area (Å²) in [5, 5.41) is 2.82. The highest BCUT2D eigenvalue weighted by Crippen LogP contribution is 2.34. The molecule has 6 nitrogen and oxygen atoms in total. The van der Waals surface area contributed by atoms with E-state index in [1.54, 1.807) is 30.2 Å². The first-order chi connectivity index (χ1) is 13.6. The van der Waals surface area contributed by atoms with Gasteiger partial charge in [0, 0.05) is 18.7 Å². The number of anilines is 1. The molecule has 7 heteroatoms. The summed E-state index contributed by atoms with van der Waals surface area (Å²) in [4.78, 5) is 31.3. The Kier molecular flexibility index (Phi) is 6.49. The van der Waals surface area contributed by atoms with Crippen molar-refractivity contribution in [3.05, 3.63) is 67.3 Å². The minimum atomic E-state index is -0.530. The smallest absolute Gasteiger partial charge is 0.242 e. The van der Waals surface area contributed by atoms with Gasteiger partial charge in [-0.25, -0.2) is 4.99 Å². The molecular weight excluding hydrogens is 374 g/mol. The number of para-hydroxylation sites is 3. The molecule has 2 aromatic rings. The monoisotopic (exact) mass is 395 g/mol. The zero-order valence-electron chi connectivity index (χ0n) is 15.5. The van der Waals surface area contributed by atoms with Crippen LogP contribution in [0, 0.1) is 0 Å². The fraction of sp³-hybridized carbons (Fsp3) is 0.190. The zero-order chi connectivity index (χ0) is 19.9. The number of nitrogens with one attached hydrogen (secondary N) is 1. The van der Waals surface area contributed by atoms with E-state index >= 15 is 0 Å². The summed E-state index contributed by atoms with van der Waals surface area (Å²) in [6.07, 6.45) is 1.71. The van der Waals surface area contributed by atoms with E-state index in [2.05, 4.69) is 16.9 Å². The maximum absolute atomic E-state index is 12.8. The fourth-order valence-electron chi connectivity index (χ4n) is 2.75. The number of aliphatic imine (C=N–C) groups is 1. The van der Waals surface area contributed by atoms with Gasteiger partial charge in [0.25, 0.3) is 0 Å². The molecule has 28 heavy (non-hydrogen) atoms. The Morgan fingerprint density at radius 1 is 1.25 bits per heavy atom. The Bertz CT molecular complexity index is 899. The van der Waals surface area contributed by atoms with Gasteiger partial charge in [-0.15, -0.1) is 6.58 Å². The van der Waals surface area contributed by atoms with Crippen molar-refractivity contribution in [3.8, 4) is 5.75 Å². The average Bonchev–Trinajstić information content (AvgIpc) is 2.98. The van der Waals surface area contributed by atoms with Crippen LogP contribution in [-0.4, -0.2) is 40.8 Å². The fourth-order valence-corrected chi connectivity index (χ4v) is 3.91. The second-order valence-electron chi connectivity index (χ2n) is 6.03. The van der Waals surface area contributed by atoms with Crippen LogP contribution >= 0.6 is 11.8 Å². The number of thioether (sulfide) groups is 1. The number of benzene rings is 2. The standard InChI is InChI=1S/C21H21N3O3S/c1-3-13-24-20(26)18(14-19(25)22-15-9-5-4-6-10-15)28-21(24)23-16-11-7-8-12-17(16)27-2/h3-12,18H,1,13-14H2,2H3,(H,22,25). The molecule has 0 bridgehead atoms. The van der Waals surface area contributed by atoms with Crippen LogP contribution in [0.25, 0.3) is 0 Å². The Morgan fingerprint density at radius 2 is 1.96 bits per heavy atom. The third-order valence-electron chi connectivity index (χ3n) is 4.06. The number of hydrogen-bond acceptors (Lipinski definition) is 5. The third-order valence-corrected chi connectivity index (χ3v) is 5.24. The SMILES string of the molecule is C=CCN1C(=O)C(CC(=O)Nc2ccccc2)SC1=Nc1ccccc1OC. The van der Waals surface area contributed by atoms with Crippen LogP contribution < -0.4 is 10.1 Å². The summed E-state index contributed by atoms with van der Waals surface area (Å²) in [6.45, 7) is 4.04. The number of carbonyl (C=O) groups is 2. The summed E-state index contributed by atoms with van der Waals surface area (Å²) >= 11 is 1.28. The summed E-state index contributed by atoms with van der Waals surface area (Å²) in [5.41, 5.74) is 1.33. The Labute approximate surface area is 168 Å². The summed E-state index contributed by atoms with van der Waals surface area (Å²) in [5.74, 6) is 0.253. The number of ether oxygens (including phenoxy) is 1. The van der Waals surface area contributed by atoms with Crippen LogP contribution in [0.5, 0.6) is 5.75 Å². The van der Waals surface area contributed by atoms with Crippen molar-refractivity contribution >= 4 is 40.1 Å². The molecule has 1 aliphatic rings. The Balaban J connectivity index is 1.77. The summed E-state index contributed by atoms with van der Waals surface area (Å²) in [6, 6.07) is 16.5. The molecule has 1 saturated heterocycles. The zero-order valence-corrected chi connectivity index (χ0v) is 16.3. The topological polar surface area (TPSA) is 71.0 Å². The molecule has 1 unspecified atom stereocenters. The maximum atomic E-state index is 12.8. The Morgan fingerprint density at radius 3 is 2.68 bits per heavy atom. The highest BCUT2D eigenvalue weighted by Gasteiger charge is 2.38. The molecule has 2 amide bonds. The van der Waals surface area contributed by atoms with Gasteiger partial charge in [0.1, 0.15) is 16.7 Å². The second kappa shape index (κ2) is 9.23. The predicted octanol–water partition coefficient (Wildman–Crippen LogP) is 3.84. The lowest BCUT2D eigenvalue weighted by Crippen LogP contribution is -2.33. The molecule has 0 aliphatic carbocycles. The molecule has 0 saturated carbocycles. The Hall–Kier alpha value is -3.06. The van der Waals surface area contributed by atoms with Crippen LogP contribution in [0.1, 0.15) is 6.42 Å². The van der Waals surface area contributed by atoms with Crippen LogP contribution in [0.3, 0.4) is 0 Å². The van der Waals surface area contributed by atoms with Gasteiger partial charge in [0.05, 0.1) is 7.11 Å². The highest BCUT2D eigenvalue weighted by atomic mass is 32.2. The normalized spacial score (nSPS) is 17.6. The van der Waals surface area contributed by atoms with E-state index in [1.165, 1.54) is 11.8 Å². The van der Waals surface area contributed by atoms with Crippen LogP contribution in [0.2, 0.25) is 0 Å². The van der Waals surface area contributed by atoms with Crippen LogP contribution in [-0.2, 0) is 9.59 Å². The van der Waals surface area contributed by atoms with E-state index in [1.807, 2.05) is 42.5 Å². The van der Waals surface area contributed by atoms with Gasteiger partial charge < -0.3 is 10.1 Å². The van der Waals surface area contributed by atoms with Crippen molar-refractivity contribution in [3.63, 3.8) is 0 Å². The maximum Gasteiger partial charge on any atom is 0.242 e. The molecule has 0 aromatic heterocycles. The van der Waals surface area contributed by atoms with E-state index in [0.717, 1.165) is 0 Å². The summed E-state index contributed by atoms with van der Waals surface area (Å²) < 4.78 is 5.33. The minimum absolute atomic E-state index is 0.0665. The second-order valence-corrected chi connectivity index (χ2v) is 7.20. The van der Waals surface area contributed by atoms with Gasteiger partial charge in [-0.1, -0.05) is 48.2 Å². The van der Waals surface area contributed by atoms with Crippen molar-refractivity contribution in [1.29, 1.82) is 0 Å². The molecule has 3 rings (SSSR count). The van der Waals surface area contributed by atoms with E-state index in [9.17, 15) is 9.59 Å². The average molecular weight is 395 g/mol. The minimum Gasteiger partial charge on any atom is -0.494 e. The van der Waals surface area contributed by atoms with Crippen molar-refractivity contribution < 1.29 is 14.3 Å². The lowest BCUT2D eigenvalue weighted by Gasteiger charge is -2.14. The number of nitrogens with zero attached hydrogens (tertiary/aromatic N) is 2. The number of hydrogen-bond donors (Lipinski definition) is 1. The van der Waals surface area contributed by atoms with E-state index in [-0.39, 0.29) is 18.2 Å². The molecule has 1 fully saturated rings. The molecule has 1 atom stereocenters. The van der Waals surface area contributed by atoms with E-state index in [0.29, 0.717) is 28.8 Å². The first-order valence-electron chi connectivity index (χ1n) is 8.78. The number of amides is 2. The first kappa shape index (κ1) is 19.7. The van der Waals surface area contributed by atoms with Crippen LogP contribution in [0.15, 0.2) is 72.2 Å². The lowest BCUT2D eigenvalue weighted by atomic mass is 10.2. The number of carbonyl (C=O) groups excluding carboxylic acids is 2. The molecule has 1 N–H and O–H groups in total. The van der Waals surface area contributed by atoms with Crippen molar-refractivity contribution in [1.82, 2.24) is 4.90 Å². The largest absolute Gasteiger partial charge is 0.494 e. The molecule has 2 aromatic carbocycles. The van der Waals surface area contributed by atoms with Gasteiger partial charge >= 0.3 is 0 Å². The summed E-state index contributed by atoms with van der Waals surface area (Å²) in [7, 11) is 1.57. The number of amidine groups is 1. The molecule has 144 valence electrons. The van der Waals surface area contributed by atoms with Crippen LogP contribution in [0.4, 0.5) is 11.4 Å². The molecular formula is C21H21N3O3S. The van der Waals surface area contributed by atoms with Gasteiger partial charge in [-0.3, -0.25) is 14.5 Å². The predicted molar refractivity (Wildman–Crippen MR) is 113 cm³/mol. The van der Waals surface area contributed by atoms with Crippen molar-refractivity contribution in [2.75, 3.05) is 19.0 Å². The molecule has 1 heterocycles. The number of methoxy groups -OCH3 is 1. The van der Waals surface area contributed by atoms with Crippen molar-refractivity contribution in [2.24, 2.45) is 4.99 Å². The third kappa shape index (κ3) is 4.61. The number of rotatable bonds is 7. The highest BCUT2D eigenvalue weighted by molar-refractivity contribution is 8.15. The van der Waals surface area contributed by atoms with Gasteiger partial charge in [0.2, 0.25) is 11.8 Å². The molecule has 1 aliphatic heterocycles. The first-order valence-corrected chi connectivity index (χ1v) is 9.66. The van der Waals surface area contributed by atoms with E-state index in [4.69, 9.17) is 4.74 Å². The van der Waals surface area contributed by atoms with Gasteiger partial charge in [-0.05, 0) is 24.3 Å². The quantitative estimate of drug-likeness (QED) is 0.723. The molecule has 0 radical (unpaired) electrons. The van der Waals surface area contributed by atoms with Crippen molar-refractivity contribution in [2.45, 2.75) is 11.7 Å². The van der Waals surface area contributed by atoms with Gasteiger partial charge in [-0.2, -0.15) is 0 Å². The van der Waals surface area contributed by atoms with Gasteiger partial charge in [0.15, 0.2) is 5.17 Å². The molecule has 0 spiro atoms. The van der Waals surface area contributed by atoms with E-state index < -0.39 is 5.25 Å².